The Morgan fingerprint density at radius 1 is 1.18 bits per heavy atom. The SMILES string of the molecule is CCOc1cc(/C=C/C(=O)OCC(=O)NC(=O)NCC(F)(F)F)ccc1OC. The minimum atomic E-state index is -4.61. The van der Waals surface area contributed by atoms with Crippen LogP contribution in [-0.2, 0) is 14.3 Å². The summed E-state index contributed by atoms with van der Waals surface area (Å²) in [7, 11) is 1.49. The number of urea groups is 1. The predicted octanol–water partition coefficient (Wildman–Crippen LogP) is 2.04. The van der Waals surface area contributed by atoms with Crippen molar-refractivity contribution in [2.45, 2.75) is 13.1 Å². The van der Waals surface area contributed by atoms with E-state index in [4.69, 9.17) is 9.47 Å². The molecule has 0 atom stereocenters. The Balaban J connectivity index is 2.48. The van der Waals surface area contributed by atoms with Gasteiger partial charge in [0.2, 0.25) is 0 Å². The van der Waals surface area contributed by atoms with Crippen LogP contribution in [0.15, 0.2) is 24.3 Å². The van der Waals surface area contributed by atoms with E-state index in [0.29, 0.717) is 23.7 Å². The van der Waals surface area contributed by atoms with Crippen LogP contribution in [0.5, 0.6) is 11.5 Å². The van der Waals surface area contributed by atoms with E-state index in [1.807, 2.05) is 0 Å². The molecule has 3 amide bonds. The molecule has 1 aromatic rings. The monoisotopic (exact) mass is 404 g/mol. The van der Waals surface area contributed by atoms with Gasteiger partial charge in [-0.15, -0.1) is 0 Å². The number of rotatable bonds is 8. The number of amides is 3. The quantitative estimate of drug-likeness (QED) is 0.508. The molecule has 0 heterocycles. The predicted molar refractivity (Wildman–Crippen MR) is 91.8 cm³/mol. The van der Waals surface area contributed by atoms with Crippen molar-refractivity contribution in [2.75, 3.05) is 26.9 Å². The van der Waals surface area contributed by atoms with Crippen LogP contribution in [0.3, 0.4) is 0 Å². The van der Waals surface area contributed by atoms with E-state index < -0.39 is 37.2 Å². The van der Waals surface area contributed by atoms with Crippen molar-refractivity contribution in [3.05, 3.63) is 29.8 Å². The van der Waals surface area contributed by atoms with Gasteiger partial charge in [0.25, 0.3) is 5.91 Å². The maximum Gasteiger partial charge on any atom is 0.405 e. The summed E-state index contributed by atoms with van der Waals surface area (Å²) in [4.78, 5) is 34.0. The first kappa shape index (κ1) is 22.8. The number of methoxy groups -OCH3 is 1. The van der Waals surface area contributed by atoms with E-state index in [0.717, 1.165) is 6.08 Å². The van der Waals surface area contributed by atoms with Crippen LogP contribution in [0.25, 0.3) is 6.08 Å². The molecule has 0 saturated heterocycles. The number of nitrogens with one attached hydrogen (secondary N) is 2. The highest BCUT2D eigenvalue weighted by atomic mass is 19.4. The highest BCUT2D eigenvalue weighted by Crippen LogP contribution is 2.28. The molecule has 0 aliphatic rings. The number of hydrogen-bond acceptors (Lipinski definition) is 6. The van der Waals surface area contributed by atoms with Crippen molar-refractivity contribution in [2.24, 2.45) is 0 Å². The lowest BCUT2D eigenvalue weighted by Crippen LogP contribution is -2.44. The molecule has 0 aliphatic carbocycles. The zero-order valence-electron chi connectivity index (χ0n) is 15.1. The average molecular weight is 404 g/mol. The van der Waals surface area contributed by atoms with Crippen LogP contribution >= 0.6 is 0 Å². The number of esters is 1. The summed E-state index contributed by atoms with van der Waals surface area (Å²) in [5.74, 6) is -0.976. The van der Waals surface area contributed by atoms with Gasteiger partial charge in [0.15, 0.2) is 18.1 Å². The topological polar surface area (TPSA) is 103 Å². The summed E-state index contributed by atoms with van der Waals surface area (Å²) in [6, 6.07) is 3.57. The molecule has 0 spiro atoms. The molecule has 0 aliphatic heterocycles. The summed E-state index contributed by atoms with van der Waals surface area (Å²) >= 11 is 0. The zero-order valence-corrected chi connectivity index (χ0v) is 15.1. The van der Waals surface area contributed by atoms with Gasteiger partial charge in [-0.3, -0.25) is 10.1 Å². The fourth-order valence-electron chi connectivity index (χ4n) is 1.80. The van der Waals surface area contributed by atoms with Crippen molar-refractivity contribution in [3.8, 4) is 11.5 Å². The maximum atomic E-state index is 11.9. The molecule has 28 heavy (non-hydrogen) atoms. The second kappa shape index (κ2) is 10.8. The van der Waals surface area contributed by atoms with Gasteiger partial charge in [-0.25, -0.2) is 9.59 Å². The Morgan fingerprint density at radius 3 is 2.50 bits per heavy atom. The largest absolute Gasteiger partial charge is 0.493 e. The third-order valence-electron chi connectivity index (χ3n) is 2.95. The first-order valence-electron chi connectivity index (χ1n) is 7.94. The smallest absolute Gasteiger partial charge is 0.405 e. The summed E-state index contributed by atoms with van der Waals surface area (Å²) in [5.41, 5.74) is 0.595. The van der Waals surface area contributed by atoms with Gasteiger partial charge in [0, 0.05) is 6.08 Å². The Morgan fingerprint density at radius 2 is 1.89 bits per heavy atom. The number of imide groups is 1. The molecule has 0 aromatic heterocycles. The number of carbonyl (C=O) groups is 3. The number of halogens is 3. The molecule has 154 valence electrons. The van der Waals surface area contributed by atoms with E-state index >= 15 is 0 Å². The Bertz CT molecular complexity index is 734. The molecular formula is C17H19F3N2O6. The van der Waals surface area contributed by atoms with Crippen LogP contribution in [0.2, 0.25) is 0 Å². The average Bonchev–Trinajstić information content (AvgIpc) is 2.63. The Labute approximate surface area is 158 Å². The normalized spacial score (nSPS) is 11.0. The summed E-state index contributed by atoms with van der Waals surface area (Å²) in [6.45, 7) is -0.222. The second-order valence-corrected chi connectivity index (χ2v) is 5.13. The number of hydrogen-bond donors (Lipinski definition) is 2. The highest BCUT2D eigenvalue weighted by molar-refractivity contribution is 5.96. The molecule has 2 N–H and O–H groups in total. The standard InChI is InChI=1S/C17H19F3N2O6/c1-3-27-13-8-11(4-6-12(13)26-2)5-7-15(24)28-9-14(23)22-16(25)21-10-17(18,19)20/h4-8H,3,9-10H2,1-2H3,(H2,21,22,23,25)/b7-5+. The molecule has 0 saturated carbocycles. The van der Waals surface area contributed by atoms with Gasteiger partial charge in [-0.1, -0.05) is 6.07 Å². The van der Waals surface area contributed by atoms with Gasteiger partial charge >= 0.3 is 18.2 Å². The molecule has 0 fully saturated rings. The van der Waals surface area contributed by atoms with Gasteiger partial charge < -0.3 is 19.5 Å². The number of benzene rings is 1. The van der Waals surface area contributed by atoms with E-state index in [-0.39, 0.29) is 0 Å². The minimum Gasteiger partial charge on any atom is -0.493 e. The molecule has 11 heteroatoms. The Kier molecular flexibility index (Phi) is 8.79. The van der Waals surface area contributed by atoms with Crippen LogP contribution in [0.4, 0.5) is 18.0 Å². The maximum absolute atomic E-state index is 11.9. The van der Waals surface area contributed by atoms with Crippen molar-refractivity contribution in [3.63, 3.8) is 0 Å². The van der Waals surface area contributed by atoms with Gasteiger partial charge in [-0.2, -0.15) is 13.2 Å². The summed E-state index contributed by atoms with van der Waals surface area (Å²) in [6.07, 6.45) is -2.17. The van der Waals surface area contributed by atoms with Crippen LogP contribution in [0, 0.1) is 0 Å². The lowest BCUT2D eigenvalue weighted by atomic mass is 10.2. The van der Waals surface area contributed by atoms with Crippen molar-refractivity contribution < 1.29 is 41.8 Å². The van der Waals surface area contributed by atoms with Gasteiger partial charge in [-0.05, 0) is 30.7 Å². The summed E-state index contributed by atoms with van der Waals surface area (Å²) in [5, 5.41) is 3.04. The van der Waals surface area contributed by atoms with E-state index in [1.165, 1.54) is 18.5 Å². The third-order valence-corrected chi connectivity index (χ3v) is 2.95. The Hall–Kier alpha value is -3.24. The lowest BCUT2D eigenvalue weighted by molar-refractivity contribution is -0.143. The fraction of sp³-hybridized carbons (Fsp3) is 0.353. The van der Waals surface area contributed by atoms with Crippen molar-refractivity contribution >= 4 is 24.0 Å². The molecule has 0 unspecified atom stereocenters. The molecule has 1 aromatic carbocycles. The second-order valence-electron chi connectivity index (χ2n) is 5.13. The molecular weight excluding hydrogens is 385 g/mol. The number of ether oxygens (including phenoxy) is 3. The van der Waals surface area contributed by atoms with E-state index in [1.54, 1.807) is 30.4 Å². The van der Waals surface area contributed by atoms with Crippen LogP contribution in [0.1, 0.15) is 12.5 Å². The number of carbonyl (C=O) groups excluding carboxylic acids is 3. The van der Waals surface area contributed by atoms with Crippen LogP contribution < -0.4 is 20.1 Å². The molecule has 8 nitrogen and oxygen atoms in total. The molecule has 0 radical (unpaired) electrons. The van der Waals surface area contributed by atoms with Crippen molar-refractivity contribution in [1.82, 2.24) is 10.6 Å². The van der Waals surface area contributed by atoms with Crippen molar-refractivity contribution in [1.29, 1.82) is 0 Å². The first-order chi connectivity index (χ1) is 13.1. The minimum absolute atomic E-state index is 0.414. The zero-order chi connectivity index (χ0) is 21.2. The lowest BCUT2D eigenvalue weighted by Gasteiger charge is -2.09. The van der Waals surface area contributed by atoms with Gasteiger partial charge in [0.05, 0.1) is 13.7 Å². The van der Waals surface area contributed by atoms with Crippen LogP contribution in [-0.4, -0.2) is 51.0 Å². The molecule has 1 rings (SSSR count). The molecule has 0 bridgehead atoms. The van der Waals surface area contributed by atoms with Gasteiger partial charge in [0.1, 0.15) is 6.54 Å². The first-order valence-corrected chi connectivity index (χ1v) is 7.94. The number of alkyl halides is 3. The fourth-order valence-corrected chi connectivity index (χ4v) is 1.80. The summed E-state index contributed by atoms with van der Waals surface area (Å²) < 4.78 is 50.9. The van der Waals surface area contributed by atoms with E-state index in [2.05, 4.69) is 4.74 Å². The van der Waals surface area contributed by atoms with E-state index in [9.17, 15) is 27.6 Å². The third kappa shape index (κ3) is 8.92. The highest BCUT2D eigenvalue weighted by Gasteiger charge is 2.28.